The van der Waals surface area contributed by atoms with Crippen LogP contribution < -0.4 is 15.5 Å². The third kappa shape index (κ3) is 3.18. The van der Waals surface area contributed by atoms with E-state index in [1.165, 1.54) is 0 Å². The maximum Gasteiger partial charge on any atom is 0.259 e. The van der Waals surface area contributed by atoms with E-state index in [0.29, 0.717) is 18.5 Å². The first-order valence-corrected chi connectivity index (χ1v) is 10.8. The maximum atomic E-state index is 13.2. The van der Waals surface area contributed by atoms with Gasteiger partial charge in [0.25, 0.3) is 5.91 Å². The van der Waals surface area contributed by atoms with Crippen molar-refractivity contribution in [1.82, 2.24) is 20.4 Å². The number of nitrogens with one attached hydrogen (secondary N) is 2. The fraction of sp³-hybridized carbons (Fsp3) is 0.333. The number of aromatic nitrogens is 2. The molecule has 8 nitrogen and oxygen atoms in total. The molecule has 2 unspecified atom stereocenters. The zero-order valence-corrected chi connectivity index (χ0v) is 18.3. The Balaban J connectivity index is 1.46. The van der Waals surface area contributed by atoms with E-state index >= 15 is 0 Å². The van der Waals surface area contributed by atoms with Crippen LogP contribution in [0.15, 0.2) is 36.5 Å². The predicted molar refractivity (Wildman–Crippen MR) is 120 cm³/mol. The topological polar surface area (TPSA) is 96.3 Å². The molecule has 2 aliphatic rings. The number of piperidine rings is 1. The molecule has 3 heterocycles. The molecule has 2 atom stereocenters. The van der Waals surface area contributed by atoms with Crippen molar-refractivity contribution in [1.29, 1.82) is 0 Å². The minimum atomic E-state index is -0.673. The largest absolute Gasteiger partial charge is 0.306 e. The van der Waals surface area contributed by atoms with Gasteiger partial charge in [-0.05, 0) is 43.4 Å². The molecule has 0 spiro atoms. The van der Waals surface area contributed by atoms with E-state index in [2.05, 4.69) is 22.7 Å². The second-order valence-corrected chi connectivity index (χ2v) is 8.56. The van der Waals surface area contributed by atoms with Crippen molar-refractivity contribution in [2.45, 2.75) is 45.3 Å². The number of anilines is 1. The van der Waals surface area contributed by atoms with Crippen molar-refractivity contribution >= 4 is 34.2 Å². The van der Waals surface area contributed by atoms with Gasteiger partial charge in [-0.15, -0.1) is 0 Å². The quantitative estimate of drug-likeness (QED) is 0.605. The van der Waals surface area contributed by atoms with Crippen molar-refractivity contribution in [3.05, 3.63) is 58.9 Å². The predicted octanol–water partition coefficient (Wildman–Crippen LogP) is 2.50. The van der Waals surface area contributed by atoms with Crippen molar-refractivity contribution in [3.8, 4) is 0 Å². The van der Waals surface area contributed by atoms with Crippen LogP contribution in [-0.4, -0.2) is 33.5 Å². The SMILES string of the molecule is Cc1nn(C)cc1C(C)NCc1ccc2c3c(cccc13)N(C1CCC(=O)NC1=O)C2=O. The van der Waals surface area contributed by atoms with Gasteiger partial charge in [0.05, 0.1) is 11.4 Å². The van der Waals surface area contributed by atoms with E-state index in [4.69, 9.17) is 0 Å². The molecule has 0 radical (unpaired) electrons. The molecule has 3 amide bonds. The number of imide groups is 1. The Morgan fingerprint density at radius 1 is 1.22 bits per heavy atom. The zero-order valence-electron chi connectivity index (χ0n) is 18.3. The molecule has 32 heavy (non-hydrogen) atoms. The summed E-state index contributed by atoms with van der Waals surface area (Å²) in [6.45, 7) is 4.74. The van der Waals surface area contributed by atoms with Gasteiger partial charge < -0.3 is 5.32 Å². The minimum absolute atomic E-state index is 0.119. The van der Waals surface area contributed by atoms with Crippen LogP contribution in [0.25, 0.3) is 10.8 Å². The molecule has 5 rings (SSSR count). The van der Waals surface area contributed by atoms with Crippen LogP contribution in [0, 0.1) is 6.92 Å². The highest BCUT2D eigenvalue weighted by Gasteiger charge is 2.40. The average molecular weight is 431 g/mol. The molecule has 1 saturated heterocycles. The lowest BCUT2D eigenvalue weighted by atomic mass is 9.99. The fourth-order valence-corrected chi connectivity index (χ4v) is 4.87. The summed E-state index contributed by atoms with van der Waals surface area (Å²) in [4.78, 5) is 38.8. The summed E-state index contributed by atoms with van der Waals surface area (Å²) in [7, 11) is 1.91. The summed E-state index contributed by atoms with van der Waals surface area (Å²) in [5, 5.41) is 12.2. The molecule has 0 aliphatic carbocycles. The summed E-state index contributed by atoms with van der Waals surface area (Å²) >= 11 is 0. The molecule has 3 aromatic rings. The lowest BCUT2D eigenvalue weighted by molar-refractivity contribution is -0.134. The molecule has 8 heteroatoms. The molecule has 164 valence electrons. The van der Waals surface area contributed by atoms with Gasteiger partial charge in [0, 0.05) is 48.8 Å². The van der Waals surface area contributed by atoms with Crippen LogP contribution in [0.1, 0.15) is 53.0 Å². The van der Waals surface area contributed by atoms with Crippen molar-refractivity contribution in [2.75, 3.05) is 4.90 Å². The van der Waals surface area contributed by atoms with Crippen LogP contribution >= 0.6 is 0 Å². The zero-order chi connectivity index (χ0) is 22.6. The molecular weight excluding hydrogens is 406 g/mol. The Labute approximate surface area is 185 Å². The van der Waals surface area contributed by atoms with E-state index in [1.807, 2.05) is 55.2 Å². The van der Waals surface area contributed by atoms with E-state index in [0.717, 1.165) is 33.3 Å². The number of hydrogen-bond acceptors (Lipinski definition) is 5. The number of carbonyl (C=O) groups is 3. The molecule has 2 aromatic carbocycles. The van der Waals surface area contributed by atoms with E-state index in [-0.39, 0.29) is 24.3 Å². The summed E-state index contributed by atoms with van der Waals surface area (Å²) < 4.78 is 1.82. The standard InChI is InChI=1S/C24H25N5O3/c1-13(18-12-28(3)27-14(18)2)25-11-15-7-8-17-22-16(15)5-4-6-19(22)29(24(17)32)20-9-10-21(30)26-23(20)31/h4-8,12-13,20,25H,9-11H2,1-3H3,(H,26,30,31). The van der Waals surface area contributed by atoms with Crippen molar-refractivity contribution < 1.29 is 14.4 Å². The Bertz CT molecular complexity index is 1280. The Morgan fingerprint density at radius 2 is 2.03 bits per heavy atom. The van der Waals surface area contributed by atoms with Crippen LogP contribution in [0.4, 0.5) is 5.69 Å². The van der Waals surface area contributed by atoms with Gasteiger partial charge in [0.1, 0.15) is 6.04 Å². The first-order valence-electron chi connectivity index (χ1n) is 10.8. The molecule has 2 aliphatic heterocycles. The minimum Gasteiger partial charge on any atom is -0.306 e. The van der Waals surface area contributed by atoms with Gasteiger partial charge in [-0.25, -0.2) is 0 Å². The Morgan fingerprint density at radius 3 is 2.75 bits per heavy atom. The second-order valence-electron chi connectivity index (χ2n) is 8.56. The fourth-order valence-electron chi connectivity index (χ4n) is 4.87. The van der Waals surface area contributed by atoms with E-state index in [1.54, 1.807) is 4.90 Å². The first-order chi connectivity index (χ1) is 15.3. The van der Waals surface area contributed by atoms with E-state index < -0.39 is 11.9 Å². The van der Waals surface area contributed by atoms with Gasteiger partial charge in [0.15, 0.2) is 0 Å². The van der Waals surface area contributed by atoms with Crippen molar-refractivity contribution in [2.24, 2.45) is 7.05 Å². The first kappa shape index (κ1) is 20.4. The van der Waals surface area contributed by atoms with Crippen LogP contribution in [0.5, 0.6) is 0 Å². The number of rotatable bonds is 5. The third-order valence-corrected chi connectivity index (χ3v) is 6.46. The Kier molecular flexibility index (Phi) is 4.82. The summed E-state index contributed by atoms with van der Waals surface area (Å²) in [5.41, 5.74) is 4.56. The smallest absolute Gasteiger partial charge is 0.259 e. The van der Waals surface area contributed by atoms with Gasteiger partial charge in [-0.1, -0.05) is 18.2 Å². The summed E-state index contributed by atoms with van der Waals surface area (Å²) in [6, 6.07) is 9.07. The molecule has 1 aromatic heterocycles. The van der Waals surface area contributed by atoms with Gasteiger partial charge in [-0.3, -0.25) is 29.3 Å². The second kappa shape index (κ2) is 7.56. The highest BCUT2D eigenvalue weighted by molar-refractivity contribution is 6.27. The van der Waals surface area contributed by atoms with E-state index in [9.17, 15) is 14.4 Å². The van der Waals surface area contributed by atoms with Gasteiger partial charge >= 0.3 is 0 Å². The van der Waals surface area contributed by atoms with Gasteiger partial charge in [-0.2, -0.15) is 5.10 Å². The van der Waals surface area contributed by atoms with Crippen LogP contribution in [0.2, 0.25) is 0 Å². The Hall–Kier alpha value is -3.52. The van der Waals surface area contributed by atoms with Gasteiger partial charge in [0.2, 0.25) is 11.8 Å². The highest BCUT2D eigenvalue weighted by atomic mass is 16.2. The molecule has 0 saturated carbocycles. The molecule has 1 fully saturated rings. The number of hydrogen-bond donors (Lipinski definition) is 2. The average Bonchev–Trinajstić information content (AvgIpc) is 3.25. The number of carbonyl (C=O) groups excluding carboxylic acids is 3. The molecule has 2 N–H and O–H groups in total. The third-order valence-electron chi connectivity index (χ3n) is 6.46. The lowest BCUT2D eigenvalue weighted by Gasteiger charge is -2.30. The molecular formula is C24H25N5O3. The number of amides is 3. The monoisotopic (exact) mass is 431 g/mol. The summed E-state index contributed by atoms with van der Waals surface area (Å²) in [5.74, 6) is -0.897. The number of aryl methyl sites for hydroxylation is 2. The van der Waals surface area contributed by atoms with Crippen molar-refractivity contribution in [3.63, 3.8) is 0 Å². The lowest BCUT2D eigenvalue weighted by Crippen LogP contribution is -2.53. The maximum absolute atomic E-state index is 13.2. The number of nitrogens with zero attached hydrogens (tertiary/aromatic N) is 3. The molecule has 0 bridgehead atoms. The highest BCUT2D eigenvalue weighted by Crippen LogP contribution is 2.41. The summed E-state index contributed by atoms with van der Waals surface area (Å²) in [6.07, 6.45) is 2.58. The van der Waals surface area contributed by atoms with Crippen LogP contribution in [-0.2, 0) is 23.2 Å². The normalized spacial score (nSPS) is 19.0. The number of benzene rings is 2. The van der Waals surface area contributed by atoms with Crippen LogP contribution in [0.3, 0.4) is 0 Å².